The first kappa shape index (κ1) is 33.7. The summed E-state index contributed by atoms with van der Waals surface area (Å²) in [7, 11) is 0. The molecule has 0 bridgehead atoms. The van der Waals surface area contributed by atoms with Crippen LogP contribution < -0.4 is 0 Å². The van der Waals surface area contributed by atoms with Gasteiger partial charge in [0.15, 0.2) is 17.5 Å². The molecule has 0 aliphatic carbocycles. The van der Waals surface area contributed by atoms with Gasteiger partial charge in [-0.05, 0) is 72.5 Å². The minimum Gasteiger partial charge on any atom is -0.455 e. The Morgan fingerprint density at radius 2 is 1.02 bits per heavy atom. The highest BCUT2D eigenvalue weighted by atomic mass is 16.3. The van der Waals surface area contributed by atoms with E-state index in [-0.39, 0.29) is 0 Å². The van der Waals surface area contributed by atoms with E-state index < -0.39 is 0 Å². The molecule has 0 saturated carbocycles. The Morgan fingerprint density at radius 1 is 0.397 bits per heavy atom. The fraction of sp³-hybridized carbons (Fsp3) is 0.0377. The van der Waals surface area contributed by atoms with Crippen LogP contribution in [0.25, 0.3) is 106 Å². The molecule has 0 atom stereocenters. The molecule has 8 aromatic carbocycles. The second-order valence-corrected chi connectivity index (χ2v) is 15.0. The lowest BCUT2D eigenvalue weighted by Crippen LogP contribution is -2.04. The summed E-state index contributed by atoms with van der Waals surface area (Å²) >= 11 is 0. The van der Waals surface area contributed by atoms with Crippen LogP contribution >= 0.6 is 0 Å². The maximum atomic E-state index is 6.57. The van der Waals surface area contributed by atoms with Crippen LogP contribution in [0, 0.1) is 13.8 Å². The van der Waals surface area contributed by atoms with Crippen molar-refractivity contribution in [3.8, 4) is 62.1 Å². The molecule has 3 aromatic heterocycles. The SMILES string of the molecule is Cc1ccc(-c2ccc3c(c2)c2ccccc2n3-c2ccc(-c3cccc4c3oc3ccccc34)cc2-c2nc(-c3ccccc3)nc(-c3ccccc3)n2)c(C)c1. The van der Waals surface area contributed by atoms with E-state index in [9.17, 15) is 0 Å². The summed E-state index contributed by atoms with van der Waals surface area (Å²) in [5, 5.41) is 4.54. The van der Waals surface area contributed by atoms with Gasteiger partial charge in [0.05, 0.1) is 16.7 Å². The maximum absolute atomic E-state index is 6.57. The Balaban J connectivity index is 1.21. The zero-order valence-electron chi connectivity index (χ0n) is 32.0. The van der Waals surface area contributed by atoms with Gasteiger partial charge in [-0.25, -0.2) is 15.0 Å². The first-order chi connectivity index (χ1) is 28.6. The standard InChI is InChI=1S/C53H36N4O/c1-33-24-27-39(34(2)30-33)37-25-28-47-44(31-37)41-18-9-11-22-46(41)57(47)48-29-26-38(40-20-13-21-43-42-19-10-12-23-49(42)58-50(40)43)32-45(48)53-55-51(35-14-5-3-6-15-35)54-52(56-53)36-16-7-4-8-17-36/h3-32H,1-2H3. The van der Waals surface area contributed by atoms with Crippen LogP contribution in [-0.4, -0.2) is 19.5 Å². The number of benzene rings is 8. The molecular weight excluding hydrogens is 709 g/mol. The Morgan fingerprint density at radius 3 is 1.78 bits per heavy atom. The van der Waals surface area contributed by atoms with Crippen LogP contribution in [0.3, 0.4) is 0 Å². The van der Waals surface area contributed by atoms with Crippen LogP contribution in [0.4, 0.5) is 0 Å². The molecule has 0 saturated heterocycles. The molecule has 274 valence electrons. The minimum absolute atomic E-state index is 0.583. The summed E-state index contributed by atoms with van der Waals surface area (Å²) in [4.78, 5) is 15.6. The van der Waals surface area contributed by atoms with Crippen molar-refractivity contribution in [3.63, 3.8) is 0 Å². The lowest BCUT2D eigenvalue weighted by molar-refractivity contribution is 0.670. The molecule has 11 aromatic rings. The molecule has 0 aliphatic heterocycles. The summed E-state index contributed by atoms with van der Waals surface area (Å²) in [5.74, 6) is 1.81. The average molecular weight is 745 g/mol. The van der Waals surface area contributed by atoms with E-state index in [0.29, 0.717) is 17.5 Å². The van der Waals surface area contributed by atoms with Crippen molar-refractivity contribution in [3.05, 3.63) is 193 Å². The first-order valence-corrected chi connectivity index (χ1v) is 19.6. The van der Waals surface area contributed by atoms with E-state index in [1.807, 2.05) is 72.8 Å². The largest absolute Gasteiger partial charge is 0.455 e. The number of aryl methyl sites for hydroxylation is 2. The van der Waals surface area contributed by atoms with Crippen molar-refractivity contribution >= 4 is 43.7 Å². The summed E-state index contributed by atoms with van der Waals surface area (Å²) in [6.45, 7) is 4.34. The van der Waals surface area contributed by atoms with Crippen LogP contribution in [0.2, 0.25) is 0 Å². The molecule has 0 radical (unpaired) electrons. The first-order valence-electron chi connectivity index (χ1n) is 19.6. The topological polar surface area (TPSA) is 56.7 Å². The van der Waals surface area contributed by atoms with Gasteiger partial charge in [0.25, 0.3) is 0 Å². The predicted molar refractivity (Wildman–Crippen MR) is 238 cm³/mol. The lowest BCUT2D eigenvalue weighted by Gasteiger charge is -2.16. The van der Waals surface area contributed by atoms with E-state index in [1.165, 1.54) is 33.0 Å². The van der Waals surface area contributed by atoms with E-state index in [1.54, 1.807) is 0 Å². The van der Waals surface area contributed by atoms with Crippen LogP contribution in [0.1, 0.15) is 11.1 Å². The van der Waals surface area contributed by atoms with Gasteiger partial charge in [-0.15, -0.1) is 0 Å². The summed E-state index contributed by atoms with van der Waals surface area (Å²) in [6.07, 6.45) is 0. The van der Waals surface area contributed by atoms with Crippen molar-refractivity contribution in [2.24, 2.45) is 0 Å². The fourth-order valence-corrected chi connectivity index (χ4v) is 8.52. The Hall–Kier alpha value is -7.63. The van der Waals surface area contributed by atoms with Gasteiger partial charge in [0.1, 0.15) is 11.2 Å². The van der Waals surface area contributed by atoms with Crippen molar-refractivity contribution in [2.45, 2.75) is 13.8 Å². The third kappa shape index (κ3) is 5.59. The second-order valence-electron chi connectivity index (χ2n) is 15.0. The average Bonchev–Trinajstić information content (AvgIpc) is 3.82. The smallest absolute Gasteiger partial charge is 0.166 e. The Kier molecular flexibility index (Phi) is 7.86. The molecule has 0 fully saturated rings. The van der Waals surface area contributed by atoms with Crippen molar-refractivity contribution < 1.29 is 4.42 Å². The fourth-order valence-electron chi connectivity index (χ4n) is 8.52. The number of fused-ring (bicyclic) bond motifs is 6. The van der Waals surface area contributed by atoms with Crippen LogP contribution in [0.15, 0.2) is 186 Å². The third-order valence-electron chi connectivity index (χ3n) is 11.3. The summed E-state index contributed by atoms with van der Waals surface area (Å²) in [6, 6.07) is 63.7. The molecular formula is C53H36N4O. The second kappa shape index (κ2) is 13.5. The minimum atomic E-state index is 0.583. The van der Waals surface area contributed by atoms with Gasteiger partial charge in [-0.3, -0.25) is 0 Å². The van der Waals surface area contributed by atoms with E-state index in [2.05, 4.69) is 128 Å². The Labute approximate surface area is 335 Å². The molecule has 0 N–H and O–H groups in total. The number of furan rings is 1. The quantitative estimate of drug-likeness (QED) is 0.170. The lowest BCUT2D eigenvalue weighted by atomic mass is 9.97. The predicted octanol–water partition coefficient (Wildman–Crippen LogP) is 13.8. The molecule has 11 rings (SSSR count). The van der Waals surface area contributed by atoms with Gasteiger partial charge in [0.2, 0.25) is 0 Å². The van der Waals surface area contributed by atoms with Crippen LogP contribution in [-0.2, 0) is 0 Å². The van der Waals surface area contributed by atoms with E-state index in [0.717, 1.165) is 66.5 Å². The number of rotatable bonds is 6. The normalized spacial score (nSPS) is 11.6. The zero-order valence-corrected chi connectivity index (χ0v) is 32.0. The third-order valence-corrected chi connectivity index (χ3v) is 11.3. The zero-order chi connectivity index (χ0) is 38.7. The molecule has 58 heavy (non-hydrogen) atoms. The van der Waals surface area contributed by atoms with Crippen molar-refractivity contribution in [1.82, 2.24) is 19.5 Å². The number of para-hydroxylation sites is 3. The number of nitrogens with zero attached hydrogens (tertiary/aromatic N) is 4. The molecule has 0 unspecified atom stereocenters. The molecule has 5 nitrogen and oxygen atoms in total. The Bertz CT molecular complexity index is 3300. The van der Waals surface area contributed by atoms with Gasteiger partial charge in [0, 0.05) is 43.8 Å². The maximum Gasteiger partial charge on any atom is 0.166 e. The molecule has 5 heteroatoms. The number of hydrogen-bond donors (Lipinski definition) is 0. The number of hydrogen-bond acceptors (Lipinski definition) is 4. The van der Waals surface area contributed by atoms with Gasteiger partial charge in [-0.2, -0.15) is 0 Å². The van der Waals surface area contributed by atoms with Gasteiger partial charge in [-0.1, -0.05) is 151 Å². The van der Waals surface area contributed by atoms with E-state index in [4.69, 9.17) is 19.4 Å². The van der Waals surface area contributed by atoms with Gasteiger partial charge < -0.3 is 8.98 Å². The highest BCUT2D eigenvalue weighted by Gasteiger charge is 2.22. The summed E-state index contributed by atoms with van der Waals surface area (Å²) < 4.78 is 8.94. The van der Waals surface area contributed by atoms with Crippen molar-refractivity contribution in [1.29, 1.82) is 0 Å². The van der Waals surface area contributed by atoms with E-state index >= 15 is 0 Å². The van der Waals surface area contributed by atoms with Gasteiger partial charge >= 0.3 is 0 Å². The monoisotopic (exact) mass is 744 g/mol. The molecule has 0 aliphatic rings. The van der Waals surface area contributed by atoms with Crippen LogP contribution in [0.5, 0.6) is 0 Å². The molecule has 3 heterocycles. The van der Waals surface area contributed by atoms with Crippen molar-refractivity contribution in [2.75, 3.05) is 0 Å². The summed E-state index contributed by atoms with van der Waals surface area (Å²) in [5.41, 5.74) is 14.6. The highest BCUT2D eigenvalue weighted by molar-refractivity contribution is 6.12. The molecule has 0 amide bonds. The highest BCUT2D eigenvalue weighted by Crippen LogP contribution is 2.42. The number of aromatic nitrogens is 4. The molecule has 0 spiro atoms.